The first-order valence-electron chi connectivity index (χ1n) is 9.42. The third-order valence-corrected chi connectivity index (χ3v) is 5.10. The summed E-state index contributed by atoms with van der Waals surface area (Å²) >= 11 is 0. The second kappa shape index (κ2) is 7.85. The Morgan fingerprint density at radius 3 is 2.83 bits per heavy atom. The molecule has 4 rings (SSSR count). The molecular formula is C21H20FN3O5. The minimum absolute atomic E-state index is 0.0746. The summed E-state index contributed by atoms with van der Waals surface area (Å²) in [7, 11) is 0. The van der Waals surface area contributed by atoms with E-state index >= 15 is 0 Å². The average Bonchev–Trinajstić information content (AvgIpc) is 2.74. The molecule has 156 valence electrons. The number of ether oxygens (including phenoxy) is 1. The van der Waals surface area contributed by atoms with E-state index in [0.717, 1.165) is 6.20 Å². The van der Waals surface area contributed by atoms with Crippen molar-refractivity contribution in [3.8, 4) is 5.69 Å². The number of anilines is 1. The van der Waals surface area contributed by atoms with Gasteiger partial charge in [0.2, 0.25) is 5.43 Å². The summed E-state index contributed by atoms with van der Waals surface area (Å²) in [6.45, 7) is 2.95. The quantitative estimate of drug-likeness (QED) is 0.671. The van der Waals surface area contributed by atoms with Crippen LogP contribution in [-0.2, 0) is 4.74 Å². The predicted molar refractivity (Wildman–Crippen MR) is 108 cm³/mol. The molecule has 1 aromatic carbocycles. The van der Waals surface area contributed by atoms with Crippen LogP contribution in [0.25, 0.3) is 16.7 Å². The van der Waals surface area contributed by atoms with Gasteiger partial charge >= 0.3 is 5.97 Å². The Hall–Kier alpha value is -3.30. The molecule has 2 aromatic heterocycles. The summed E-state index contributed by atoms with van der Waals surface area (Å²) in [5.74, 6) is -1.44. The molecule has 3 aromatic rings. The second-order valence-corrected chi connectivity index (χ2v) is 7.16. The summed E-state index contributed by atoms with van der Waals surface area (Å²) in [5.41, 5.74) is -0.207. The Morgan fingerprint density at radius 1 is 1.33 bits per heavy atom. The molecule has 0 saturated carbocycles. The van der Waals surface area contributed by atoms with Crippen LogP contribution in [0.1, 0.15) is 15.9 Å². The van der Waals surface area contributed by atoms with E-state index < -0.39 is 22.8 Å². The van der Waals surface area contributed by atoms with Crippen LogP contribution in [0.4, 0.5) is 10.2 Å². The number of carbonyl (C=O) groups is 1. The van der Waals surface area contributed by atoms with E-state index in [9.17, 15) is 24.2 Å². The highest BCUT2D eigenvalue weighted by Crippen LogP contribution is 2.23. The van der Waals surface area contributed by atoms with Crippen molar-refractivity contribution in [1.29, 1.82) is 0 Å². The number of halogens is 1. The van der Waals surface area contributed by atoms with Gasteiger partial charge in [0.15, 0.2) is 5.65 Å². The average molecular weight is 413 g/mol. The van der Waals surface area contributed by atoms with Crippen LogP contribution in [0.15, 0.2) is 41.3 Å². The van der Waals surface area contributed by atoms with Crippen LogP contribution in [0.3, 0.4) is 0 Å². The molecule has 0 bridgehead atoms. The molecule has 0 amide bonds. The lowest BCUT2D eigenvalue weighted by molar-refractivity contribution is 0.00337. The summed E-state index contributed by atoms with van der Waals surface area (Å²) in [4.78, 5) is 30.7. The van der Waals surface area contributed by atoms with E-state index in [0.29, 0.717) is 31.1 Å². The number of aromatic carboxylic acids is 1. The molecule has 1 aliphatic rings. The first-order chi connectivity index (χ1) is 14.4. The largest absolute Gasteiger partial charge is 0.477 e. The van der Waals surface area contributed by atoms with Gasteiger partial charge in [-0.2, -0.15) is 0 Å². The van der Waals surface area contributed by atoms with Gasteiger partial charge in [-0.3, -0.25) is 9.36 Å². The molecule has 1 atom stereocenters. The van der Waals surface area contributed by atoms with Crippen molar-refractivity contribution in [1.82, 2.24) is 9.55 Å². The summed E-state index contributed by atoms with van der Waals surface area (Å²) < 4.78 is 21.5. The molecule has 30 heavy (non-hydrogen) atoms. The maximum Gasteiger partial charge on any atom is 0.341 e. The molecule has 0 aliphatic carbocycles. The van der Waals surface area contributed by atoms with Crippen molar-refractivity contribution in [2.75, 3.05) is 31.2 Å². The predicted octanol–water partition coefficient (Wildman–Crippen LogP) is 1.73. The molecule has 2 N–H and O–H groups in total. The Labute approximate surface area is 170 Å². The van der Waals surface area contributed by atoms with Gasteiger partial charge in [0, 0.05) is 19.3 Å². The number of nitrogens with zero attached hydrogens (tertiary/aromatic N) is 3. The Morgan fingerprint density at radius 2 is 2.13 bits per heavy atom. The monoisotopic (exact) mass is 413 g/mol. The number of hydrogen-bond acceptors (Lipinski definition) is 6. The van der Waals surface area contributed by atoms with Crippen molar-refractivity contribution in [2.45, 2.75) is 13.0 Å². The number of hydrogen-bond donors (Lipinski definition) is 2. The minimum atomic E-state index is -1.40. The summed E-state index contributed by atoms with van der Waals surface area (Å²) in [6.07, 6.45) is 0.746. The zero-order chi connectivity index (χ0) is 21.4. The van der Waals surface area contributed by atoms with E-state index in [-0.39, 0.29) is 29.4 Å². The van der Waals surface area contributed by atoms with E-state index in [4.69, 9.17) is 4.74 Å². The number of aliphatic hydroxyl groups excluding tert-OH is 1. The lowest BCUT2D eigenvalue weighted by atomic mass is 10.1. The number of aliphatic hydroxyl groups is 1. The highest BCUT2D eigenvalue weighted by atomic mass is 19.1. The SMILES string of the molecule is Cc1ccc(-n2cc(C(=O)O)c(=O)c3ccc(N4CCOC(CO)C4)nc32)c(F)c1. The molecular weight excluding hydrogens is 393 g/mol. The van der Waals surface area contributed by atoms with E-state index in [1.165, 1.54) is 22.8 Å². The van der Waals surface area contributed by atoms with Crippen molar-refractivity contribution in [3.63, 3.8) is 0 Å². The van der Waals surface area contributed by atoms with Crippen molar-refractivity contribution in [3.05, 3.63) is 63.7 Å². The van der Waals surface area contributed by atoms with Gasteiger partial charge in [-0.15, -0.1) is 0 Å². The number of carboxylic acids is 1. The number of fused-ring (bicyclic) bond motifs is 1. The number of pyridine rings is 2. The zero-order valence-corrected chi connectivity index (χ0v) is 16.2. The normalized spacial score (nSPS) is 16.8. The highest BCUT2D eigenvalue weighted by Gasteiger charge is 2.23. The fourth-order valence-corrected chi connectivity index (χ4v) is 3.55. The van der Waals surface area contributed by atoms with Gasteiger partial charge in [-0.25, -0.2) is 14.2 Å². The van der Waals surface area contributed by atoms with E-state index in [1.54, 1.807) is 19.1 Å². The first-order valence-corrected chi connectivity index (χ1v) is 9.42. The molecule has 1 fully saturated rings. The number of carboxylic acid groups (broad SMARTS) is 1. The molecule has 1 saturated heterocycles. The molecule has 1 aliphatic heterocycles. The number of aromatic nitrogens is 2. The molecule has 3 heterocycles. The van der Waals surface area contributed by atoms with Crippen LogP contribution in [0, 0.1) is 12.7 Å². The minimum Gasteiger partial charge on any atom is -0.477 e. The zero-order valence-electron chi connectivity index (χ0n) is 16.2. The van der Waals surface area contributed by atoms with Gasteiger partial charge in [0.05, 0.1) is 30.4 Å². The molecule has 1 unspecified atom stereocenters. The van der Waals surface area contributed by atoms with Crippen LogP contribution >= 0.6 is 0 Å². The molecule has 9 heteroatoms. The Bertz CT molecular complexity index is 1190. The summed E-state index contributed by atoms with van der Waals surface area (Å²) in [5, 5.41) is 18.9. The fourth-order valence-electron chi connectivity index (χ4n) is 3.55. The molecule has 8 nitrogen and oxygen atoms in total. The number of rotatable bonds is 4. The standard InChI is InChI=1S/C21H20FN3O5/c1-12-2-4-17(16(22)8-12)25-10-15(21(28)29)19(27)14-3-5-18(23-20(14)25)24-6-7-30-13(9-24)11-26/h2-5,8,10,13,26H,6-7,9,11H2,1H3,(H,28,29). The maximum atomic E-state index is 14.7. The molecule has 0 radical (unpaired) electrons. The third kappa shape index (κ3) is 3.53. The molecule has 0 spiro atoms. The topological polar surface area (TPSA) is 105 Å². The first kappa shape index (κ1) is 20.0. The van der Waals surface area contributed by atoms with Gasteiger partial charge in [-0.1, -0.05) is 6.07 Å². The van der Waals surface area contributed by atoms with Crippen LogP contribution in [-0.4, -0.2) is 58.1 Å². The van der Waals surface area contributed by atoms with Gasteiger partial charge < -0.3 is 19.8 Å². The fraction of sp³-hybridized carbons (Fsp3) is 0.286. The smallest absolute Gasteiger partial charge is 0.341 e. The van der Waals surface area contributed by atoms with Crippen molar-refractivity contribution in [2.24, 2.45) is 0 Å². The van der Waals surface area contributed by atoms with Crippen LogP contribution < -0.4 is 10.3 Å². The van der Waals surface area contributed by atoms with E-state index in [2.05, 4.69) is 4.98 Å². The number of aryl methyl sites for hydroxylation is 1. The van der Waals surface area contributed by atoms with Gasteiger partial charge in [0.25, 0.3) is 0 Å². The van der Waals surface area contributed by atoms with E-state index in [1.807, 2.05) is 4.90 Å². The maximum absolute atomic E-state index is 14.7. The third-order valence-electron chi connectivity index (χ3n) is 5.10. The van der Waals surface area contributed by atoms with Crippen LogP contribution in [0.2, 0.25) is 0 Å². The highest BCUT2D eigenvalue weighted by molar-refractivity contribution is 5.92. The van der Waals surface area contributed by atoms with Gasteiger partial charge in [0.1, 0.15) is 17.2 Å². The number of morpholine rings is 1. The lowest BCUT2D eigenvalue weighted by Gasteiger charge is -2.33. The van der Waals surface area contributed by atoms with Crippen LogP contribution in [0.5, 0.6) is 0 Å². The van der Waals surface area contributed by atoms with Crippen molar-refractivity contribution < 1.29 is 24.1 Å². The Kier molecular flexibility index (Phi) is 5.23. The lowest BCUT2D eigenvalue weighted by Crippen LogP contribution is -2.44. The second-order valence-electron chi connectivity index (χ2n) is 7.16. The Balaban J connectivity index is 1.94. The van der Waals surface area contributed by atoms with Crippen molar-refractivity contribution >= 4 is 22.8 Å². The van der Waals surface area contributed by atoms with Gasteiger partial charge in [-0.05, 0) is 36.8 Å². The number of benzene rings is 1. The summed E-state index contributed by atoms with van der Waals surface area (Å²) in [6, 6.07) is 7.66.